The number of nitrogens with one attached hydrogen (secondary N) is 1. The van der Waals surface area contributed by atoms with Gasteiger partial charge in [0.15, 0.2) is 0 Å². The molecular weight excluding hydrogens is 404 g/mol. The predicted molar refractivity (Wildman–Crippen MR) is 75.0 cm³/mol. The Hall–Kier alpha value is 0.310. The smallest absolute Gasteiger partial charge is 0.209 e. The first-order valence-corrected chi connectivity index (χ1v) is 6.87. The van der Waals surface area contributed by atoms with Gasteiger partial charge < -0.3 is 0 Å². The second-order valence-electron chi connectivity index (χ2n) is 2.88. The van der Waals surface area contributed by atoms with Crippen molar-refractivity contribution in [2.24, 2.45) is 0 Å². The lowest BCUT2D eigenvalue weighted by Gasteiger charge is -2.12. The summed E-state index contributed by atoms with van der Waals surface area (Å²) in [7, 11) is 0. The van der Waals surface area contributed by atoms with E-state index in [1.165, 1.54) is 5.56 Å². The summed E-state index contributed by atoms with van der Waals surface area (Å²) < 4.78 is 0.965. The number of alkyl halides is 1. The highest BCUT2D eigenvalue weighted by Gasteiger charge is 2.14. The van der Waals surface area contributed by atoms with E-state index in [0.717, 1.165) is 11.0 Å². The van der Waals surface area contributed by atoms with E-state index >= 15 is 0 Å². The number of rotatable bonds is 5. The van der Waals surface area contributed by atoms with Gasteiger partial charge >= 0.3 is 0 Å². The first-order chi connectivity index (χ1) is 6.74. The SMILES string of the molecule is O=C(I)C(Cc1ccccc1)NCI. The highest BCUT2D eigenvalue weighted by Crippen LogP contribution is 2.06. The number of hydrogen-bond donors (Lipinski definition) is 1. The van der Waals surface area contributed by atoms with Crippen LogP contribution in [0.2, 0.25) is 0 Å². The van der Waals surface area contributed by atoms with Crippen molar-refractivity contribution in [3.63, 3.8) is 0 Å². The van der Waals surface area contributed by atoms with Gasteiger partial charge in [-0.1, -0.05) is 52.9 Å². The quantitative estimate of drug-likeness (QED) is 0.347. The third-order valence-electron chi connectivity index (χ3n) is 1.88. The van der Waals surface area contributed by atoms with E-state index in [0.29, 0.717) is 0 Å². The number of carbonyl (C=O) groups excluding carboxylic acids is 1. The molecule has 14 heavy (non-hydrogen) atoms. The molecule has 1 atom stereocenters. The summed E-state index contributed by atoms with van der Waals surface area (Å²) in [5.74, 6) is 0. The summed E-state index contributed by atoms with van der Waals surface area (Å²) in [5.41, 5.74) is 1.19. The molecule has 0 saturated carbocycles. The number of benzene rings is 1. The maximum atomic E-state index is 11.3. The van der Waals surface area contributed by atoms with Crippen molar-refractivity contribution in [3.05, 3.63) is 35.9 Å². The van der Waals surface area contributed by atoms with E-state index in [4.69, 9.17) is 0 Å². The molecular formula is C10H11I2NO. The first-order valence-electron chi connectivity index (χ1n) is 4.26. The summed E-state index contributed by atoms with van der Waals surface area (Å²) in [5, 5.41) is 3.16. The second-order valence-corrected chi connectivity index (χ2v) is 4.71. The highest BCUT2D eigenvalue weighted by molar-refractivity contribution is 14.1. The maximum absolute atomic E-state index is 11.3. The lowest BCUT2D eigenvalue weighted by atomic mass is 10.1. The molecule has 1 rings (SSSR count). The molecule has 0 aliphatic heterocycles. The summed E-state index contributed by atoms with van der Waals surface area (Å²) >= 11 is 4.06. The van der Waals surface area contributed by atoms with Crippen LogP contribution in [0.25, 0.3) is 0 Å². The average molecular weight is 415 g/mol. The largest absolute Gasteiger partial charge is 0.298 e. The summed E-state index contributed by atoms with van der Waals surface area (Å²) in [6, 6.07) is 10.00. The van der Waals surface area contributed by atoms with Gasteiger partial charge in [0.25, 0.3) is 0 Å². The third-order valence-corrected chi connectivity index (χ3v) is 3.07. The summed E-state index contributed by atoms with van der Waals surface area (Å²) in [6.45, 7) is 0. The van der Waals surface area contributed by atoms with Crippen LogP contribution in [-0.4, -0.2) is 14.4 Å². The van der Waals surface area contributed by atoms with Crippen LogP contribution in [0, 0.1) is 0 Å². The zero-order valence-electron chi connectivity index (χ0n) is 7.54. The molecule has 4 heteroatoms. The molecule has 0 spiro atoms. The molecule has 0 bridgehead atoms. The Morgan fingerprint density at radius 2 is 2.00 bits per heavy atom. The Morgan fingerprint density at radius 1 is 1.36 bits per heavy atom. The van der Waals surface area contributed by atoms with E-state index in [9.17, 15) is 4.79 Å². The number of hydrogen-bond acceptors (Lipinski definition) is 2. The van der Waals surface area contributed by atoms with E-state index in [2.05, 4.69) is 27.9 Å². The number of carbonyl (C=O) groups is 1. The Balaban J connectivity index is 2.60. The van der Waals surface area contributed by atoms with Gasteiger partial charge in [-0.15, -0.1) is 0 Å². The van der Waals surface area contributed by atoms with E-state index < -0.39 is 0 Å². The Kier molecular flexibility index (Phi) is 5.95. The van der Waals surface area contributed by atoms with Crippen molar-refractivity contribution in [2.45, 2.75) is 12.5 Å². The van der Waals surface area contributed by atoms with Crippen molar-refractivity contribution in [3.8, 4) is 0 Å². The Labute approximate surface area is 111 Å². The topological polar surface area (TPSA) is 29.1 Å². The summed E-state index contributed by atoms with van der Waals surface area (Å²) in [6.07, 6.45) is 0.769. The van der Waals surface area contributed by atoms with Crippen LogP contribution in [0.4, 0.5) is 0 Å². The molecule has 0 aromatic heterocycles. The minimum atomic E-state index is -0.0603. The van der Waals surface area contributed by atoms with Gasteiger partial charge in [-0.05, 0) is 12.0 Å². The molecule has 1 aromatic rings. The fourth-order valence-electron chi connectivity index (χ4n) is 1.18. The van der Waals surface area contributed by atoms with Crippen LogP contribution in [0.15, 0.2) is 30.3 Å². The van der Waals surface area contributed by atoms with Crippen molar-refractivity contribution < 1.29 is 4.79 Å². The van der Waals surface area contributed by atoms with Crippen LogP contribution >= 0.6 is 45.2 Å². The first kappa shape index (κ1) is 12.4. The van der Waals surface area contributed by atoms with Crippen LogP contribution in [0.5, 0.6) is 0 Å². The monoisotopic (exact) mass is 415 g/mol. The molecule has 76 valence electrons. The van der Waals surface area contributed by atoms with Gasteiger partial charge in [0.05, 0.1) is 6.04 Å². The van der Waals surface area contributed by atoms with Crippen molar-refractivity contribution in [1.82, 2.24) is 5.32 Å². The van der Waals surface area contributed by atoms with Gasteiger partial charge in [-0.2, -0.15) is 0 Å². The van der Waals surface area contributed by atoms with Crippen molar-refractivity contribution in [2.75, 3.05) is 4.55 Å². The van der Waals surface area contributed by atoms with Crippen molar-refractivity contribution >= 4 is 49.0 Å². The average Bonchev–Trinajstić information content (AvgIpc) is 2.18. The Bertz CT molecular complexity index is 289. The standard InChI is InChI=1S/C10H11I2NO/c11-7-13-9(10(12)14)6-8-4-2-1-3-5-8/h1-5,9,13H,6-7H2. The van der Waals surface area contributed by atoms with Gasteiger partial charge in [0, 0.05) is 27.1 Å². The maximum Gasteiger partial charge on any atom is 0.209 e. The minimum Gasteiger partial charge on any atom is -0.298 e. The molecule has 0 radical (unpaired) electrons. The highest BCUT2D eigenvalue weighted by atomic mass is 127. The molecule has 0 amide bonds. The molecule has 2 nitrogen and oxygen atoms in total. The molecule has 0 aliphatic rings. The molecule has 0 saturated heterocycles. The normalized spacial score (nSPS) is 12.4. The van der Waals surface area contributed by atoms with Gasteiger partial charge in [-0.3, -0.25) is 10.1 Å². The number of halogens is 2. The summed E-state index contributed by atoms with van der Waals surface area (Å²) in [4.78, 5) is 11.3. The minimum absolute atomic E-state index is 0.0603. The second kappa shape index (κ2) is 6.73. The van der Waals surface area contributed by atoms with Gasteiger partial charge in [0.1, 0.15) is 0 Å². The zero-order valence-corrected chi connectivity index (χ0v) is 11.9. The molecule has 1 N–H and O–H groups in total. The van der Waals surface area contributed by atoms with E-state index in [1.807, 2.05) is 52.9 Å². The lowest BCUT2D eigenvalue weighted by molar-refractivity contribution is -0.111. The molecule has 0 fully saturated rings. The molecule has 1 unspecified atom stereocenters. The fraction of sp³-hybridized carbons (Fsp3) is 0.300. The van der Waals surface area contributed by atoms with Crippen LogP contribution < -0.4 is 5.32 Å². The van der Waals surface area contributed by atoms with Gasteiger partial charge in [-0.25, -0.2) is 0 Å². The van der Waals surface area contributed by atoms with Crippen LogP contribution in [0.3, 0.4) is 0 Å². The third kappa shape index (κ3) is 4.22. The van der Waals surface area contributed by atoms with E-state index in [-0.39, 0.29) is 9.83 Å². The molecule has 0 aliphatic carbocycles. The lowest BCUT2D eigenvalue weighted by Crippen LogP contribution is -2.34. The van der Waals surface area contributed by atoms with Gasteiger partial charge in [0.2, 0.25) is 3.79 Å². The van der Waals surface area contributed by atoms with Crippen LogP contribution in [-0.2, 0) is 11.2 Å². The van der Waals surface area contributed by atoms with Crippen molar-refractivity contribution in [1.29, 1.82) is 0 Å². The van der Waals surface area contributed by atoms with Crippen LogP contribution in [0.1, 0.15) is 5.56 Å². The van der Waals surface area contributed by atoms with E-state index in [1.54, 1.807) is 0 Å². The zero-order chi connectivity index (χ0) is 10.4. The Morgan fingerprint density at radius 3 is 2.50 bits per heavy atom. The fourth-order valence-corrected chi connectivity index (χ4v) is 2.15. The molecule has 0 heterocycles. The molecule has 1 aromatic carbocycles. The predicted octanol–water partition coefficient (Wildman–Crippen LogP) is 2.54.